The first-order valence-corrected chi connectivity index (χ1v) is 4.75. The summed E-state index contributed by atoms with van der Waals surface area (Å²) in [6.45, 7) is 3.76. The lowest BCUT2D eigenvalue weighted by molar-refractivity contribution is -0.122. The van der Waals surface area contributed by atoms with E-state index in [-0.39, 0.29) is 11.8 Å². The molecule has 82 valence electrons. The third kappa shape index (κ3) is 2.47. The Labute approximate surface area is 89.4 Å². The van der Waals surface area contributed by atoms with Gasteiger partial charge in [-0.05, 0) is 19.9 Å². The van der Waals surface area contributed by atoms with E-state index in [1.165, 1.54) is 0 Å². The van der Waals surface area contributed by atoms with Crippen LogP contribution in [0.1, 0.15) is 24.0 Å². The van der Waals surface area contributed by atoms with Gasteiger partial charge in [0.2, 0.25) is 5.91 Å². The monoisotopic (exact) mass is 208 g/mol. The maximum Gasteiger partial charge on any atom is 0.241 e. The first-order chi connectivity index (χ1) is 7.10. The van der Waals surface area contributed by atoms with Gasteiger partial charge in [0, 0.05) is 5.56 Å². The normalized spacial score (nSPS) is 12.0. The molecule has 0 aliphatic carbocycles. The predicted octanol–water partition coefficient (Wildman–Crippen LogP) is 1.10. The van der Waals surface area contributed by atoms with E-state index >= 15 is 0 Å². The van der Waals surface area contributed by atoms with Gasteiger partial charge >= 0.3 is 0 Å². The number of ether oxygens (including phenoxy) is 1. The number of hydrogen-bond acceptors (Lipinski definition) is 3. The molecular weight excluding hydrogens is 192 g/mol. The van der Waals surface area contributed by atoms with Gasteiger partial charge in [-0.2, -0.15) is 0 Å². The lowest BCUT2D eigenvalue weighted by atomic mass is 9.97. The summed E-state index contributed by atoms with van der Waals surface area (Å²) in [5.41, 5.74) is 4.07. The predicted molar refractivity (Wildman–Crippen MR) is 58.5 cm³/mol. The molecule has 0 radical (unpaired) electrons. The molecule has 0 saturated heterocycles. The highest BCUT2D eigenvalue weighted by molar-refractivity contribution is 5.83. The molecule has 3 N–H and O–H groups in total. The quantitative estimate of drug-likeness (QED) is 0.444. The van der Waals surface area contributed by atoms with Gasteiger partial charge < -0.3 is 4.74 Å². The SMILES string of the molecule is COc1ccc(C)cc1C(C)C(=O)NN. The van der Waals surface area contributed by atoms with E-state index in [0.29, 0.717) is 5.75 Å². The Hall–Kier alpha value is -1.55. The third-order valence-corrected chi connectivity index (χ3v) is 2.39. The van der Waals surface area contributed by atoms with Crippen LogP contribution in [0.5, 0.6) is 5.75 Å². The van der Waals surface area contributed by atoms with Crippen molar-refractivity contribution in [2.24, 2.45) is 5.84 Å². The van der Waals surface area contributed by atoms with Gasteiger partial charge in [-0.25, -0.2) is 5.84 Å². The molecule has 1 aromatic carbocycles. The van der Waals surface area contributed by atoms with Gasteiger partial charge in [0.15, 0.2) is 0 Å². The Kier molecular flexibility index (Phi) is 3.68. The van der Waals surface area contributed by atoms with Gasteiger partial charge in [-0.15, -0.1) is 0 Å². The van der Waals surface area contributed by atoms with E-state index in [1.54, 1.807) is 14.0 Å². The summed E-state index contributed by atoms with van der Waals surface area (Å²) >= 11 is 0. The second kappa shape index (κ2) is 4.79. The van der Waals surface area contributed by atoms with Crippen molar-refractivity contribution in [1.29, 1.82) is 0 Å². The van der Waals surface area contributed by atoms with E-state index in [1.807, 2.05) is 25.1 Å². The average Bonchev–Trinajstić information content (AvgIpc) is 2.27. The largest absolute Gasteiger partial charge is 0.496 e. The number of hydrogen-bond donors (Lipinski definition) is 2. The summed E-state index contributed by atoms with van der Waals surface area (Å²) in [6.07, 6.45) is 0. The number of carbonyl (C=O) groups is 1. The molecule has 0 heterocycles. The standard InChI is InChI=1S/C11H16N2O2/c1-7-4-5-10(15-3)9(6-7)8(2)11(14)13-12/h4-6,8H,12H2,1-3H3,(H,13,14). The Morgan fingerprint density at radius 1 is 1.53 bits per heavy atom. The molecule has 0 aliphatic rings. The van der Waals surface area contributed by atoms with Crippen LogP contribution in [-0.4, -0.2) is 13.0 Å². The number of benzene rings is 1. The maximum atomic E-state index is 11.4. The van der Waals surface area contributed by atoms with Crippen molar-refractivity contribution >= 4 is 5.91 Å². The molecule has 4 heteroatoms. The number of amides is 1. The second-order valence-electron chi connectivity index (χ2n) is 3.48. The molecule has 0 saturated carbocycles. The summed E-state index contributed by atoms with van der Waals surface area (Å²) in [6, 6.07) is 5.72. The first-order valence-electron chi connectivity index (χ1n) is 4.75. The second-order valence-corrected chi connectivity index (χ2v) is 3.48. The Bertz CT molecular complexity index is 364. The maximum absolute atomic E-state index is 11.4. The van der Waals surface area contributed by atoms with E-state index in [9.17, 15) is 4.79 Å². The van der Waals surface area contributed by atoms with Gasteiger partial charge in [0.25, 0.3) is 0 Å². The van der Waals surface area contributed by atoms with E-state index in [0.717, 1.165) is 11.1 Å². The summed E-state index contributed by atoms with van der Waals surface area (Å²) in [4.78, 5) is 11.4. The van der Waals surface area contributed by atoms with Crippen LogP contribution in [-0.2, 0) is 4.79 Å². The average molecular weight is 208 g/mol. The Balaban J connectivity index is 3.10. The fourth-order valence-electron chi connectivity index (χ4n) is 1.46. The number of methoxy groups -OCH3 is 1. The number of carbonyl (C=O) groups excluding carboxylic acids is 1. The van der Waals surface area contributed by atoms with Gasteiger partial charge in [-0.3, -0.25) is 10.2 Å². The summed E-state index contributed by atoms with van der Waals surface area (Å²) in [5.74, 6) is 5.27. The van der Waals surface area contributed by atoms with Crippen molar-refractivity contribution in [3.8, 4) is 5.75 Å². The minimum Gasteiger partial charge on any atom is -0.496 e. The lowest BCUT2D eigenvalue weighted by Gasteiger charge is -2.14. The van der Waals surface area contributed by atoms with E-state index in [4.69, 9.17) is 10.6 Å². The molecule has 1 unspecified atom stereocenters. The van der Waals surface area contributed by atoms with Crippen molar-refractivity contribution in [2.45, 2.75) is 19.8 Å². The molecule has 1 amide bonds. The number of aryl methyl sites for hydroxylation is 1. The minimum absolute atomic E-state index is 0.223. The molecule has 1 atom stereocenters. The zero-order chi connectivity index (χ0) is 11.4. The molecule has 0 fully saturated rings. The Morgan fingerprint density at radius 3 is 2.73 bits per heavy atom. The van der Waals surface area contributed by atoms with Crippen LogP contribution >= 0.6 is 0 Å². The van der Waals surface area contributed by atoms with Crippen LogP contribution in [0.15, 0.2) is 18.2 Å². The topological polar surface area (TPSA) is 64.3 Å². The van der Waals surface area contributed by atoms with Crippen LogP contribution in [0.4, 0.5) is 0 Å². The van der Waals surface area contributed by atoms with Crippen LogP contribution in [0.25, 0.3) is 0 Å². The first kappa shape index (κ1) is 11.5. The lowest BCUT2D eigenvalue weighted by Crippen LogP contribution is -2.33. The van der Waals surface area contributed by atoms with Gasteiger partial charge in [0.05, 0.1) is 13.0 Å². The van der Waals surface area contributed by atoms with E-state index in [2.05, 4.69) is 5.43 Å². The molecular formula is C11H16N2O2. The van der Waals surface area contributed by atoms with E-state index < -0.39 is 0 Å². The highest BCUT2D eigenvalue weighted by Crippen LogP contribution is 2.27. The fraction of sp³-hybridized carbons (Fsp3) is 0.364. The molecule has 0 aliphatic heterocycles. The van der Waals surface area contributed by atoms with Crippen molar-refractivity contribution < 1.29 is 9.53 Å². The van der Waals surface area contributed by atoms with Crippen molar-refractivity contribution in [1.82, 2.24) is 5.43 Å². The molecule has 1 rings (SSSR count). The van der Waals surface area contributed by atoms with Crippen LogP contribution in [0.3, 0.4) is 0 Å². The minimum atomic E-state index is -0.315. The summed E-state index contributed by atoms with van der Waals surface area (Å²) in [7, 11) is 1.58. The number of nitrogens with two attached hydrogens (primary N) is 1. The van der Waals surface area contributed by atoms with Crippen molar-refractivity contribution in [3.05, 3.63) is 29.3 Å². The molecule has 0 spiro atoms. The molecule has 1 aromatic rings. The van der Waals surface area contributed by atoms with Crippen LogP contribution in [0.2, 0.25) is 0 Å². The highest BCUT2D eigenvalue weighted by atomic mass is 16.5. The van der Waals surface area contributed by atoms with Crippen molar-refractivity contribution in [3.63, 3.8) is 0 Å². The van der Waals surface area contributed by atoms with Crippen LogP contribution < -0.4 is 16.0 Å². The van der Waals surface area contributed by atoms with Gasteiger partial charge in [-0.1, -0.05) is 17.7 Å². The zero-order valence-electron chi connectivity index (χ0n) is 9.20. The van der Waals surface area contributed by atoms with Crippen LogP contribution in [0, 0.1) is 6.92 Å². The molecule has 0 bridgehead atoms. The van der Waals surface area contributed by atoms with Gasteiger partial charge in [0.1, 0.15) is 5.75 Å². The molecule has 15 heavy (non-hydrogen) atoms. The number of nitrogens with one attached hydrogen (secondary N) is 1. The summed E-state index contributed by atoms with van der Waals surface area (Å²) in [5, 5.41) is 0. The number of hydrazine groups is 1. The van der Waals surface area contributed by atoms with Crippen molar-refractivity contribution in [2.75, 3.05) is 7.11 Å². The molecule has 4 nitrogen and oxygen atoms in total. The fourth-order valence-corrected chi connectivity index (χ4v) is 1.46. The third-order valence-electron chi connectivity index (χ3n) is 2.39. The summed E-state index contributed by atoms with van der Waals surface area (Å²) < 4.78 is 5.20. The highest BCUT2D eigenvalue weighted by Gasteiger charge is 2.18. The molecule has 0 aromatic heterocycles. The smallest absolute Gasteiger partial charge is 0.241 e. The number of rotatable bonds is 3. The zero-order valence-corrected chi connectivity index (χ0v) is 9.20. The Morgan fingerprint density at radius 2 is 2.20 bits per heavy atom.